The van der Waals surface area contributed by atoms with E-state index in [0.29, 0.717) is 0 Å². The van der Waals surface area contributed by atoms with Gasteiger partial charge in [0.05, 0.1) is 10.2 Å². The Morgan fingerprint density at radius 1 is 1.16 bits per heavy atom. The molecular formula is C13H17N5S. The SMILES string of the molecule is c1nc(N2CCN(C3CNC3)CC2)c2sccc2n1. The Kier molecular flexibility index (Phi) is 2.86. The third-order valence-electron chi connectivity index (χ3n) is 4.11. The van der Waals surface area contributed by atoms with Gasteiger partial charge in [-0.2, -0.15) is 0 Å². The van der Waals surface area contributed by atoms with Crippen molar-refractivity contribution in [1.82, 2.24) is 20.2 Å². The van der Waals surface area contributed by atoms with Crippen molar-refractivity contribution >= 4 is 27.4 Å². The zero-order chi connectivity index (χ0) is 12.7. The summed E-state index contributed by atoms with van der Waals surface area (Å²) >= 11 is 1.74. The highest BCUT2D eigenvalue weighted by molar-refractivity contribution is 7.17. The van der Waals surface area contributed by atoms with Crippen molar-refractivity contribution < 1.29 is 0 Å². The van der Waals surface area contributed by atoms with Crippen molar-refractivity contribution in [3.63, 3.8) is 0 Å². The Morgan fingerprint density at radius 3 is 2.74 bits per heavy atom. The number of aromatic nitrogens is 2. The maximum Gasteiger partial charge on any atom is 0.150 e. The van der Waals surface area contributed by atoms with Crippen molar-refractivity contribution in [2.75, 3.05) is 44.2 Å². The molecule has 2 fully saturated rings. The van der Waals surface area contributed by atoms with Crippen molar-refractivity contribution in [2.45, 2.75) is 6.04 Å². The van der Waals surface area contributed by atoms with Crippen LogP contribution in [-0.4, -0.2) is 60.2 Å². The number of anilines is 1. The molecule has 19 heavy (non-hydrogen) atoms. The molecule has 5 nitrogen and oxygen atoms in total. The predicted molar refractivity (Wildman–Crippen MR) is 77.9 cm³/mol. The Balaban J connectivity index is 1.52. The summed E-state index contributed by atoms with van der Waals surface area (Å²) in [5, 5.41) is 5.44. The van der Waals surface area contributed by atoms with Crippen LogP contribution in [-0.2, 0) is 0 Å². The van der Waals surface area contributed by atoms with Crippen LogP contribution < -0.4 is 10.2 Å². The fraction of sp³-hybridized carbons (Fsp3) is 0.538. The molecule has 0 unspecified atom stereocenters. The highest BCUT2D eigenvalue weighted by Gasteiger charge is 2.28. The van der Waals surface area contributed by atoms with Gasteiger partial charge in [0.1, 0.15) is 12.1 Å². The number of hydrogen-bond acceptors (Lipinski definition) is 6. The van der Waals surface area contributed by atoms with Gasteiger partial charge in [0.2, 0.25) is 0 Å². The van der Waals surface area contributed by atoms with Crippen molar-refractivity contribution in [2.24, 2.45) is 0 Å². The first kappa shape index (κ1) is 11.6. The van der Waals surface area contributed by atoms with Gasteiger partial charge >= 0.3 is 0 Å². The molecule has 0 spiro atoms. The molecule has 4 heterocycles. The Bertz CT molecular complexity index is 571. The predicted octanol–water partition coefficient (Wildman–Crippen LogP) is 0.785. The van der Waals surface area contributed by atoms with Crippen LogP contribution in [0.25, 0.3) is 10.2 Å². The summed E-state index contributed by atoms with van der Waals surface area (Å²) in [6.07, 6.45) is 1.69. The lowest BCUT2D eigenvalue weighted by Gasteiger charge is -2.43. The van der Waals surface area contributed by atoms with E-state index in [-0.39, 0.29) is 0 Å². The van der Waals surface area contributed by atoms with Crippen LogP contribution in [0.1, 0.15) is 0 Å². The normalized spacial score (nSPS) is 21.8. The Labute approximate surface area is 116 Å². The molecule has 2 aliphatic rings. The zero-order valence-electron chi connectivity index (χ0n) is 10.7. The fourth-order valence-corrected chi connectivity index (χ4v) is 3.69. The minimum atomic E-state index is 0.759. The van der Waals surface area contributed by atoms with Gasteiger partial charge in [-0.1, -0.05) is 0 Å². The van der Waals surface area contributed by atoms with Gasteiger partial charge in [-0.3, -0.25) is 4.90 Å². The molecule has 1 N–H and O–H groups in total. The van der Waals surface area contributed by atoms with Crippen LogP contribution in [0.15, 0.2) is 17.8 Å². The second-order valence-corrected chi connectivity index (χ2v) is 6.08. The first-order valence-electron chi connectivity index (χ1n) is 6.80. The zero-order valence-corrected chi connectivity index (χ0v) is 11.6. The van der Waals surface area contributed by atoms with E-state index >= 15 is 0 Å². The molecule has 0 aliphatic carbocycles. The number of piperazine rings is 1. The highest BCUT2D eigenvalue weighted by atomic mass is 32.1. The van der Waals surface area contributed by atoms with Crippen molar-refractivity contribution in [3.8, 4) is 0 Å². The topological polar surface area (TPSA) is 44.3 Å². The van der Waals surface area contributed by atoms with E-state index in [1.165, 1.54) is 4.70 Å². The molecule has 4 rings (SSSR count). The number of rotatable bonds is 2. The van der Waals surface area contributed by atoms with Gasteiger partial charge in [0.15, 0.2) is 0 Å². The molecule has 2 aliphatic heterocycles. The van der Waals surface area contributed by atoms with E-state index < -0.39 is 0 Å². The van der Waals surface area contributed by atoms with E-state index in [2.05, 4.69) is 36.5 Å². The summed E-state index contributed by atoms with van der Waals surface area (Å²) < 4.78 is 1.22. The van der Waals surface area contributed by atoms with E-state index in [4.69, 9.17) is 0 Å². The third-order valence-corrected chi connectivity index (χ3v) is 5.01. The minimum Gasteiger partial charge on any atom is -0.353 e. The average Bonchev–Trinajstić information content (AvgIpc) is 2.86. The second-order valence-electron chi connectivity index (χ2n) is 5.17. The second kappa shape index (κ2) is 4.70. The molecule has 0 atom stereocenters. The van der Waals surface area contributed by atoms with Crippen molar-refractivity contribution in [1.29, 1.82) is 0 Å². The Hall–Kier alpha value is -1.24. The van der Waals surface area contributed by atoms with E-state index in [9.17, 15) is 0 Å². The molecule has 2 aromatic rings. The lowest BCUT2D eigenvalue weighted by molar-refractivity contribution is 0.138. The van der Waals surface area contributed by atoms with E-state index in [1.807, 2.05) is 0 Å². The summed E-state index contributed by atoms with van der Waals surface area (Å²) in [6.45, 7) is 6.73. The molecule has 0 amide bonds. The molecule has 0 aromatic carbocycles. The monoisotopic (exact) mass is 275 g/mol. The smallest absolute Gasteiger partial charge is 0.150 e. The fourth-order valence-electron chi connectivity index (χ4n) is 2.83. The van der Waals surface area contributed by atoms with Crippen LogP contribution in [0, 0.1) is 0 Å². The summed E-state index contributed by atoms with van der Waals surface area (Å²) in [5.74, 6) is 1.12. The van der Waals surface area contributed by atoms with E-state index in [0.717, 1.165) is 56.6 Å². The molecule has 100 valence electrons. The first-order chi connectivity index (χ1) is 9.42. The molecule has 6 heteroatoms. The molecule has 2 aromatic heterocycles. The summed E-state index contributed by atoms with van der Waals surface area (Å²) in [5.41, 5.74) is 1.07. The van der Waals surface area contributed by atoms with Crippen LogP contribution in [0.4, 0.5) is 5.82 Å². The van der Waals surface area contributed by atoms with Gasteiger partial charge in [0, 0.05) is 45.3 Å². The maximum absolute atomic E-state index is 4.50. The average molecular weight is 275 g/mol. The van der Waals surface area contributed by atoms with Gasteiger partial charge in [-0.25, -0.2) is 9.97 Å². The summed E-state index contributed by atoms with van der Waals surface area (Å²) in [7, 11) is 0. The molecule has 0 radical (unpaired) electrons. The molecule has 0 saturated carbocycles. The van der Waals surface area contributed by atoms with Crippen LogP contribution in [0.5, 0.6) is 0 Å². The lowest BCUT2D eigenvalue weighted by atomic mass is 10.1. The maximum atomic E-state index is 4.50. The van der Waals surface area contributed by atoms with Gasteiger partial charge in [0.25, 0.3) is 0 Å². The summed E-state index contributed by atoms with van der Waals surface area (Å²) in [4.78, 5) is 13.8. The highest BCUT2D eigenvalue weighted by Crippen LogP contribution is 2.28. The minimum absolute atomic E-state index is 0.759. The third kappa shape index (κ3) is 2.00. The number of nitrogens with zero attached hydrogens (tertiary/aromatic N) is 4. The van der Waals surface area contributed by atoms with Crippen LogP contribution in [0.3, 0.4) is 0 Å². The number of hydrogen-bond donors (Lipinski definition) is 1. The summed E-state index contributed by atoms with van der Waals surface area (Å²) in [6, 6.07) is 2.83. The van der Waals surface area contributed by atoms with E-state index in [1.54, 1.807) is 17.7 Å². The molecule has 0 bridgehead atoms. The molecule has 2 saturated heterocycles. The largest absolute Gasteiger partial charge is 0.353 e. The van der Waals surface area contributed by atoms with Crippen LogP contribution in [0.2, 0.25) is 0 Å². The lowest BCUT2D eigenvalue weighted by Crippen LogP contribution is -2.61. The van der Waals surface area contributed by atoms with Gasteiger partial charge in [-0.05, 0) is 11.4 Å². The number of thiophene rings is 1. The number of nitrogens with one attached hydrogen (secondary N) is 1. The molecular weight excluding hydrogens is 258 g/mol. The number of fused-ring (bicyclic) bond motifs is 1. The Morgan fingerprint density at radius 2 is 2.00 bits per heavy atom. The van der Waals surface area contributed by atoms with Crippen LogP contribution >= 0.6 is 11.3 Å². The standard InChI is InChI=1S/C13H17N5S/c1-6-19-12-11(1)15-9-16-13(12)18-4-2-17(3-5-18)10-7-14-8-10/h1,6,9-10,14H,2-5,7-8H2. The first-order valence-corrected chi connectivity index (χ1v) is 7.68. The van der Waals surface area contributed by atoms with Gasteiger partial charge in [-0.15, -0.1) is 11.3 Å². The van der Waals surface area contributed by atoms with Crippen molar-refractivity contribution in [3.05, 3.63) is 17.8 Å². The van der Waals surface area contributed by atoms with Gasteiger partial charge < -0.3 is 10.2 Å². The quantitative estimate of drug-likeness (QED) is 0.878.